The van der Waals surface area contributed by atoms with Crippen molar-refractivity contribution in [1.29, 1.82) is 0 Å². The Hall–Kier alpha value is -11.5. The first kappa shape index (κ1) is 75.7. The molecule has 3 nitrogen and oxygen atoms in total. The summed E-state index contributed by atoms with van der Waals surface area (Å²) in [6.07, 6.45) is 0. The van der Waals surface area contributed by atoms with Gasteiger partial charge in [0.15, 0.2) is 0 Å². The molecule has 0 aromatic heterocycles. The molecule has 4 N–H and O–H groups in total. The maximum absolute atomic E-state index is 6.00. The van der Waals surface area contributed by atoms with Crippen LogP contribution in [0.1, 0.15) is 115 Å². The molecule has 5 heteroatoms. The van der Waals surface area contributed by atoms with Crippen molar-refractivity contribution >= 4 is 56.0 Å². The molecule has 15 aromatic rings. The molecule has 0 saturated heterocycles. The van der Waals surface area contributed by atoms with Crippen LogP contribution in [-0.2, 0) is 21.7 Å². The standard InChI is InChI=1S/2C27H23N.C21H17Cl.C15H15N.C12H9Br.2CH4/c2*1-27(2)25-11-7-6-10-23(25)24-18-22(16-17-26(24)27)28-21-14-12-20(13-15-21)19-8-4-3-5-9-19;1-21(2)19-6-4-3-5-17(19)18-12-9-15(13-20(18)21)14-7-10-16(22)11-8-14;1-15(2)13-6-4-3-5-11(13)12-9-10(16)7-8-14(12)15;13-12-8-6-11(7-9-12)10-4-2-1-3-5-10;;/h2*3-18,28H,1-2H3;3-13H,1-2H3;3-9H,16H2,1-2H3;1-9H;2*1H4. The third-order valence-corrected chi connectivity index (χ3v) is 22.8. The predicted molar refractivity (Wildman–Crippen MR) is 474 cm³/mol. The summed E-state index contributed by atoms with van der Waals surface area (Å²) in [5.74, 6) is 0. The lowest BCUT2D eigenvalue weighted by Gasteiger charge is -2.22. The first-order chi connectivity index (χ1) is 51.8. The Morgan fingerprint density at radius 1 is 0.229 bits per heavy atom. The summed E-state index contributed by atoms with van der Waals surface area (Å²) in [5, 5.41) is 7.92. The number of rotatable bonds is 8. The van der Waals surface area contributed by atoms with Gasteiger partial charge in [-0.25, -0.2) is 0 Å². The molecule has 4 aliphatic carbocycles. The maximum Gasteiger partial charge on any atom is 0.0406 e. The van der Waals surface area contributed by atoms with Crippen LogP contribution in [0.25, 0.3) is 89.0 Å². The molecule has 0 unspecified atom stereocenters. The fraction of sp³-hybridized carbons (Fsp3) is 0.135. The average molecular weight is 1500 g/mol. The van der Waals surface area contributed by atoms with Gasteiger partial charge in [0.05, 0.1) is 0 Å². The molecule has 0 spiro atoms. The Bertz CT molecular complexity index is 5500. The van der Waals surface area contributed by atoms with Gasteiger partial charge in [-0.05, 0) is 225 Å². The van der Waals surface area contributed by atoms with E-state index in [-0.39, 0.29) is 36.5 Å². The molecule has 19 rings (SSSR count). The molecular weight excluding hydrogens is 1410 g/mol. The number of benzene rings is 15. The van der Waals surface area contributed by atoms with Crippen molar-refractivity contribution in [1.82, 2.24) is 0 Å². The summed E-state index contributed by atoms with van der Waals surface area (Å²) in [6, 6.07) is 126. The molecule has 0 atom stereocenters. The van der Waals surface area contributed by atoms with Gasteiger partial charge in [0.2, 0.25) is 0 Å². The van der Waals surface area contributed by atoms with Crippen LogP contribution in [0.4, 0.5) is 28.4 Å². The zero-order chi connectivity index (χ0) is 74.0. The summed E-state index contributed by atoms with van der Waals surface area (Å²) in [7, 11) is 0. The van der Waals surface area contributed by atoms with Crippen LogP contribution < -0.4 is 16.4 Å². The Balaban J connectivity index is 0.000000122. The van der Waals surface area contributed by atoms with Gasteiger partial charge in [0.1, 0.15) is 0 Å². The van der Waals surface area contributed by atoms with E-state index in [1.807, 2.05) is 36.4 Å². The zero-order valence-electron chi connectivity index (χ0n) is 61.9. The van der Waals surface area contributed by atoms with Gasteiger partial charge in [-0.15, -0.1) is 0 Å². The molecule has 0 aliphatic heterocycles. The normalized spacial score (nSPS) is 13.4. The van der Waals surface area contributed by atoms with E-state index in [1.54, 1.807) is 0 Å². The maximum atomic E-state index is 6.00. The van der Waals surface area contributed by atoms with Gasteiger partial charge in [-0.1, -0.05) is 365 Å². The average Bonchev–Trinajstić information content (AvgIpc) is 1.63. The lowest BCUT2D eigenvalue weighted by atomic mass is 9.81. The van der Waals surface area contributed by atoms with E-state index in [0.717, 1.165) is 37.9 Å². The molecule has 0 heterocycles. The first-order valence-corrected chi connectivity index (χ1v) is 38.1. The van der Waals surface area contributed by atoms with Crippen LogP contribution in [0.5, 0.6) is 0 Å². The molecule has 0 fully saturated rings. The Morgan fingerprint density at radius 2 is 0.486 bits per heavy atom. The van der Waals surface area contributed by atoms with Crippen molar-refractivity contribution in [3.05, 3.63) is 412 Å². The summed E-state index contributed by atoms with van der Waals surface area (Å²) in [6.45, 7) is 18.4. The highest BCUT2D eigenvalue weighted by atomic mass is 79.9. The highest BCUT2D eigenvalue weighted by Crippen LogP contribution is 2.53. The molecule has 109 heavy (non-hydrogen) atoms. The van der Waals surface area contributed by atoms with Crippen molar-refractivity contribution < 1.29 is 0 Å². The summed E-state index contributed by atoms with van der Waals surface area (Å²) in [5.41, 5.74) is 43.3. The summed E-state index contributed by atoms with van der Waals surface area (Å²) in [4.78, 5) is 0. The third-order valence-electron chi connectivity index (χ3n) is 22.0. The van der Waals surface area contributed by atoms with Crippen LogP contribution in [0.3, 0.4) is 0 Å². The predicted octanol–water partition coefficient (Wildman–Crippen LogP) is 30.1. The van der Waals surface area contributed by atoms with Gasteiger partial charge in [-0.2, -0.15) is 0 Å². The fourth-order valence-corrected chi connectivity index (χ4v) is 16.6. The molecular formula is C104H95BrClN3. The van der Waals surface area contributed by atoms with E-state index in [1.165, 1.54) is 134 Å². The van der Waals surface area contributed by atoms with Crippen LogP contribution in [0.15, 0.2) is 362 Å². The van der Waals surface area contributed by atoms with Gasteiger partial charge < -0.3 is 16.4 Å². The van der Waals surface area contributed by atoms with Crippen molar-refractivity contribution in [2.75, 3.05) is 16.4 Å². The van der Waals surface area contributed by atoms with Crippen LogP contribution in [-0.4, -0.2) is 0 Å². The summed E-state index contributed by atoms with van der Waals surface area (Å²) < 4.78 is 1.12. The van der Waals surface area contributed by atoms with Crippen molar-refractivity contribution in [3.8, 4) is 89.0 Å². The highest BCUT2D eigenvalue weighted by Gasteiger charge is 2.39. The monoisotopic (exact) mass is 1500 g/mol. The van der Waals surface area contributed by atoms with E-state index in [9.17, 15) is 0 Å². The molecule has 0 saturated carbocycles. The second kappa shape index (κ2) is 31.7. The highest BCUT2D eigenvalue weighted by molar-refractivity contribution is 9.10. The Labute approximate surface area is 660 Å². The van der Waals surface area contributed by atoms with Crippen molar-refractivity contribution in [2.24, 2.45) is 0 Å². The largest absolute Gasteiger partial charge is 0.399 e. The second-order valence-electron chi connectivity index (χ2n) is 30.3. The molecule has 0 radical (unpaired) electrons. The SMILES string of the molecule is Brc1ccc(-c2ccccc2)cc1.C.C.CC1(C)c2ccccc2-c2cc(N)ccc21.CC1(C)c2ccccc2-c2cc(Nc3ccc(-c4ccccc4)cc3)ccc21.CC1(C)c2ccccc2-c2cc(Nc3ccc(-c4ccccc4)cc3)ccc21.CC1(C)c2ccccc2-c2ccc(-c3ccc(Cl)cc3)cc21. The Morgan fingerprint density at radius 3 is 0.872 bits per heavy atom. The second-order valence-corrected chi connectivity index (χ2v) is 31.6. The number of hydrogen-bond donors (Lipinski definition) is 3. The van der Waals surface area contributed by atoms with Crippen LogP contribution in [0, 0.1) is 0 Å². The Kier molecular flexibility index (Phi) is 22.0. The van der Waals surface area contributed by atoms with E-state index in [4.69, 9.17) is 17.3 Å². The van der Waals surface area contributed by atoms with Crippen LogP contribution in [0.2, 0.25) is 5.02 Å². The van der Waals surface area contributed by atoms with Crippen molar-refractivity contribution in [2.45, 2.75) is 91.9 Å². The molecule has 0 bridgehead atoms. The van der Waals surface area contributed by atoms with Gasteiger partial charge >= 0.3 is 0 Å². The minimum Gasteiger partial charge on any atom is -0.399 e. The quantitative estimate of drug-likeness (QED) is 0.133. The molecule has 540 valence electrons. The van der Waals surface area contributed by atoms with E-state index in [2.05, 4.69) is 403 Å². The lowest BCUT2D eigenvalue weighted by molar-refractivity contribution is 0.660. The number of anilines is 5. The topological polar surface area (TPSA) is 50.1 Å². The van der Waals surface area contributed by atoms with Gasteiger partial charge in [0.25, 0.3) is 0 Å². The number of fused-ring (bicyclic) bond motifs is 12. The van der Waals surface area contributed by atoms with E-state index < -0.39 is 0 Å². The zero-order valence-corrected chi connectivity index (χ0v) is 64.2. The van der Waals surface area contributed by atoms with Crippen molar-refractivity contribution in [3.63, 3.8) is 0 Å². The number of hydrogen-bond acceptors (Lipinski definition) is 3. The van der Waals surface area contributed by atoms with E-state index in [0.29, 0.717) is 0 Å². The first-order valence-electron chi connectivity index (χ1n) is 36.9. The van der Waals surface area contributed by atoms with Gasteiger partial charge in [0, 0.05) is 59.6 Å². The smallest absolute Gasteiger partial charge is 0.0406 e. The van der Waals surface area contributed by atoms with Crippen LogP contribution >= 0.6 is 27.5 Å². The molecule has 15 aromatic carbocycles. The number of nitrogen functional groups attached to an aromatic ring is 1. The molecule has 4 aliphatic rings. The fourth-order valence-electron chi connectivity index (χ4n) is 16.2. The third kappa shape index (κ3) is 15.4. The number of nitrogens with one attached hydrogen (secondary N) is 2. The minimum absolute atomic E-state index is 0. The van der Waals surface area contributed by atoms with Gasteiger partial charge in [-0.3, -0.25) is 0 Å². The summed E-state index contributed by atoms with van der Waals surface area (Å²) >= 11 is 9.42. The molecule has 0 amide bonds. The minimum atomic E-state index is 0. The number of nitrogens with two attached hydrogens (primary N) is 1. The van der Waals surface area contributed by atoms with E-state index >= 15 is 0 Å². The lowest BCUT2D eigenvalue weighted by Crippen LogP contribution is -2.14. The number of halogens is 2.